The highest BCUT2D eigenvalue weighted by molar-refractivity contribution is 5.95. The van der Waals surface area contributed by atoms with Crippen LogP contribution in [0.2, 0.25) is 0 Å². The monoisotopic (exact) mass is 167 g/mol. The summed E-state index contributed by atoms with van der Waals surface area (Å²) >= 11 is 0. The number of rotatable bonds is 3. The largest absolute Gasteiger partial charge is 0.302 e. The summed E-state index contributed by atoms with van der Waals surface area (Å²) in [6, 6.07) is 0. The Kier molecular flexibility index (Phi) is 3.48. The van der Waals surface area contributed by atoms with E-state index in [0.717, 1.165) is 37.9 Å². The zero-order valence-corrected chi connectivity index (χ0v) is 7.97. The zero-order valence-electron chi connectivity index (χ0n) is 7.97. The molecule has 0 N–H and O–H groups in total. The van der Waals surface area contributed by atoms with Crippen LogP contribution >= 0.6 is 0 Å². The second-order valence-electron chi connectivity index (χ2n) is 3.41. The van der Waals surface area contributed by atoms with E-state index in [1.165, 1.54) is 0 Å². The van der Waals surface area contributed by atoms with Gasteiger partial charge in [-0.1, -0.05) is 13.0 Å². The number of nitrogens with zero attached hydrogens (tertiary/aromatic N) is 1. The average molecular weight is 167 g/mol. The lowest BCUT2D eigenvalue weighted by atomic mass is 10.0. The van der Waals surface area contributed by atoms with Crippen molar-refractivity contribution >= 4 is 5.78 Å². The average Bonchev–Trinajstić information content (AvgIpc) is 2.06. The molecule has 0 aliphatic carbocycles. The summed E-state index contributed by atoms with van der Waals surface area (Å²) < 4.78 is 0. The molecule has 0 bridgehead atoms. The van der Waals surface area contributed by atoms with Crippen molar-refractivity contribution in [2.24, 2.45) is 0 Å². The van der Waals surface area contributed by atoms with E-state index in [-0.39, 0.29) is 0 Å². The highest BCUT2D eigenvalue weighted by Gasteiger charge is 2.13. The Morgan fingerprint density at radius 3 is 2.92 bits per heavy atom. The van der Waals surface area contributed by atoms with Gasteiger partial charge in [-0.3, -0.25) is 4.79 Å². The van der Waals surface area contributed by atoms with E-state index in [4.69, 9.17) is 0 Å². The van der Waals surface area contributed by atoms with Crippen LogP contribution in [0.1, 0.15) is 26.2 Å². The number of carbonyl (C=O) groups excluding carboxylic acids is 1. The first kappa shape index (κ1) is 9.46. The molecule has 0 aromatic carbocycles. The van der Waals surface area contributed by atoms with Crippen molar-refractivity contribution in [3.63, 3.8) is 0 Å². The molecule has 1 aliphatic heterocycles. The van der Waals surface area contributed by atoms with Crippen molar-refractivity contribution in [2.45, 2.75) is 26.2 Å². The van der Waals surface area contributed by atoms with Crippen LogP contribution in [-0.2, 0) is 4.79 Å². The second-order valence-corrected chi connectivity index (χ2v) is 3.41. The molecule has 0 fully saturated rings. The number of hydrogen-bond donors (Lipinski definition) is 0. The fourth-order valence-corrected chi connectivity index (χ4v) is 1.41. The van der Waals surface area contributed by atoms with Crippen molar-refractivity contribution in [3.05, 3.63) is 11.6 Å². The molecule has 0 saturated carbocycles. The fourth-order valence-electron chi connectivity index (χ4n) is 1.41. The first-order chi connectivity index (χ1) is 5.74. The third-order valence-electron chi connectivity index (χ3n) is 2.25. The fraction of sp³-hybridized carbons (Fsp3) is 0.700. The summed E-state index contributed by atoms with van der Waals surface area (Å²) in [5.74, 6) is 0.352. The van der Waals surface area contributed by atoms with Crippen molar-refractivity contribution in [1.82, 2.24) is 4.90 Å². The Morgan fingerprint density at radius 2 is 2.42 bits per heavy atom. The van der Waals surface area contributed by atoms with Gasteiger partial charge in [0.05, 0.1) is 0 Å². The molecule has 0 aromatic rings. The van der Waals surface area contributed by atoms with Crippen molar-refractivity contribution in [1.29, 1.82) is 0 Å². The number of ketones is 1. The molecular formula is C10H17NO. The predicted octanol–water partition coefficient (Wildman–Crippen LogP) is 1.62. The smallest absolute Gasteiger partial charge is 0.158 e. The third-order valence-corrected chi connectivity index (χ3v) is 2.25. The van der Waals surface area contributed by atoms with Crippen LogP contribution in [-0.4, -0.2) is 30.8 Å². The van der Waals surface area contributed by atoms with Crippen LogP contribution in [0.25, 0.3) is 0 Å². The molecule has 1 aliphatic rings. The minimum Gasteiger partial charge on any atom is -0.302 e. The third kappa shape index (κ3) is 2.45. The van der Waals surface area contributed by atoms with Crippen LogP contribution < -0.4 is 0 Å². The summed E-state index contributed by atoms with van der Waals surface area (Å²) in [6.07, 6.45) is 4.69. The summed E-state index contributed by atoms with van der Waals surface area (Å²) in [7, 11) is 2.08. The summed E-state index contributed by atoms with van der Waals surface area (Å²) in [6.45, 7) is 4.01. The lowest BCUT2D eigenvalue weighted by Crippen LogP contribution is -2.26. The highest BCUT2D eigenvalue weighted by Crippen LogP contribution is 2.12. The van der Waals surface area contributed by atoms with Crippen molar-refractivity contribution in [2.75, 3.05) is 20.1 Å². The molecule has 2 heteroatoms. The Bertz CT molecular complexity index is 196. The molecule has 0 atom stereocenters. The Morgan fingerprint density at radius 1 is 1.67 bits per heavy atom. The van der Waals surface area contributed by atoms with Gasteiger partial charge in [0.2, 0.25) is 0 Å². The van der Waals surface area contributed by atoms with Gasteiger partial charge in [0, 0.05) is 19.5 Å². The van der Waals surface area contributed by atoms with E-state index in [9.17, 15) is 4.79 Å². The maximum Gasteiger partial charge on any atom is 0.158 e. The van der Waals surface area contributed by atoms with Gasteiger partial charge in [0.15, 0.2) is 5.78 Å². The van der Waals surface area contributed by atoms with E-state index >= 15 is 0 Å². The number of carbonyl (C=O) groups is 1. The molecule has 1 rings (SSSR count). The Labute approximate surface area is 74.2 Å². The van der Waals surface area contributed by atoms with E-state index in [1.807, 2.05) is 6.92 Å². The van der Waals surface area contributed by atoms with Crippen LogP contribution in [0.15, 0.2) is 11.6 Å². The highest BCUT2D eigenvalue weighted by atomic mass is 16.1. The first-order valence-corrected chi connectivity index (χ1v) is 4.64. The van der Waals surface area contributed by atoms with E-state index in [2.05, 4.69) is 18.0 Å². The van der Waals surface area contributed by atoms with Gasteiger partial charge in [0.25, 0.3) is 0 Å². The van der Waals surface area contributed by atoms with Crippen LogP contribution in [0.3, 0.4) is 0 Å². The minimum atomic E-state index is 0.352. The van der Waals surface area contributed by atoms with Crippen LogP contribution in [0, 0.1) is 0 Å². The molecule has 2 nitrogen and oxygen atoms in total. The quantitative estimate of drug-likeness (QED) is 0.636. The predicted molar refractivity (Wildman–Crippen MR) is 50.1 cm³/mol. The van der Waals surface area contributed by atoms with Gasteiger partial charge in [-0.15, -0.1) is 0 Å². The first-order valence-electron chi connectivity index (χ1n) is 4.64. The number of Topliss-reactive ketones (excluding diaryl/α,β-unsaturated/α-hetero) is 1. The molecule has 0 saturated heterocycles. The van der Waals surface area contributed by atoms with Gasteiger partial charge in [-0.05, 0) is 25.5 Å². The molecule has 1 heterocycles. The van der Waals surface area contributed by atoms with Gasteiger partial charge in [-0.2, -0.15) is 0 Å². The number of hydrogen-bond acceptors (Lipinski definition) is 2. The lowest BCUT2D eigenvalue weighted by Gasteiger charge is -2.20. The van der Waals surface area contributed by atoms with Crippen LogP contribution in [0.4, 0.5) is 0 Å². The van der Waals surface area contributed by atoms with Crippen LogP contribution in [0.5, 0.6) is 0 Å². The van der Waals surface area contributed by atoms with Gasteiger partial charge in [-0.25, -0.2) is 0 Å². The normalized spacial score (nSPS) is 19.0. The van der Waals surface area contributed by atoms with E-state index < -0.39 is 0 Å². The molecule has 0 aromatic heterocycles. The maximum absolute atomic E-state index is 11.4. The molecule has 0 spiro atoms. The van der Waals surface area contributed by atoms with E-state index in [1.54, 1.807) is 0 Å². The maximum atomic E-state index is 11.4. The molecule has 68 valence electrons. The molecule has 0 unspecified atom stereocenters. The second kappa shape index (κ2) is 4.41. The summed E-state index contributed by atoms with van der Waals surface area (Å²) in [5.41, 5.74) is 1.05. The lowest BCUT2D eigenvalue weighted by molar-refractivity contribution is -0.115. The number of likely N-dealkylation sites (N-methyl/N-ethyl adjacent to an activating group) is 1. The summed E-state index contributed by atoms with van der Waals surface area (Å²) in [4.78, 5) is 13.6. The Balaban J connectivity index is 2.47. The molecule has 0 amide bonds. The zero-order chi connectivity index (χ0) is 8.97. The van der Waals surface area contributed by atoms with Crippen molar-refractivity contribution < 1.29 is 4.79 Å². The van der Waals surface area contributed by atoms with Gasteiger partial charge >= 0.3 is 0 Å². The SMILES string of the molecule is CCCC(=O)C1=CCN(C)CC1. The topological polar surface area (TPSA) is 20.3 Å². The Hall–Kier alpha value is -0.630. The summed E-state index contributed by atoms with van der Waals surface area (Å²) in [5, 5.41) is 0. The molecule has 12 heavy (non-hydrogen) atoms. The van der Waals surface area contributed by atoms with E-state index in [0.29, 0.717) is 5.78 Å². The van der Waals surface area contributed by atoms with Gasteiger partial charge < -0.3 is 4.90 Å². The minimum absolute atomic E-state index is 0.352. The standard InChI is InChI=1S/C10H17NO/c1-3-4-10(12)9-5-7-11(2)8-6-9/h5H,3-4,6-8H2,1-2H3. The van der Waals surface area contributed by atoms with Gasteiger partial charge in [0.1, 0.15) is 0 Å². The molecular weight excluding hydrogens is 150 g/mol. The molecule has 0 radical (unpaired) electrons. The van der Waals surface area contributed by atoms with Crippen molar-refractivity contribution in [3.8, 4) is 0 Å².